The topological polar surface area (TPSA) is 53.0 Å². The van der Waals surface area contributed by atoms with E-state index in [9.17, 15) is 14.3 Å². The molecule has 5 nitrogen and oxygen atoms in total. The normalized spacial score (nSPS) is 15.9. The zero-order chi connectivity index (χ0) is 21.9. The summed E-state index contributed by atoms with van der Waals surface area (Å²) in [6.45, 7) is 12.7. The van der Waals surface area contributed by atoms with Crippen LogP contribution in [0, 0.1) is 19.7 Å². The number of carbonyl (C=O) groups is 1. The van der Waals surface area contributed by atoms with Crippen molar-refractivity contribution >= 4 is 5.97 Å². The van der Waals surface area contributed by atoms with E-state index < -0.39 is 11.6 Å². The van der Waals surface area contributed by atoms with Gasteiger partial charge in [0.05, 0.1) is 0 Å². The second-order valence-corrected chi connectivity index (χ2v) is 8.66. The molecule has 0 radical (unpaired) electrons. The van der Waals surface area contributed by atoms with Crippen LogP contribution in [0.5, 0.6) is 5.75 Å². The highest BCUT2D eigenvalue weighted by atomic mass is 19.1. The average molecular weight is 415 g/mol. The van der Waals surface area contributed by atoms with Crippen LogP contribution in [0.25, 0.3) is 0 Å². The number of hydrogen-bond acceptors (Lipinski definition) is 4. The van der Waals surface area contributed by atoms with Crippen LogP contribution in [0.4, 0.5) is 4.39 Å². The monoisotopic (exact) mass is 414 g/mol. The first-order valence-electron chi connectivity index (χ1n) is 10.4. The maximum atomic E-state index is 13.1. The highest BCUT2D eigenvalue weighted by Gasteiger charge is 2.30. The molecule has 0 bridgehead atoms. The van der Waals surface area contributed by atoms with Crippen LogP contribution in [0.3, 0.4) is 0 Å². The van der Waals surface area contributed by atoms with E-state index in [0.29, 0.717) is 5.75 Å². The SMILES string of the molecule is Cc1cc(CN2CCN(Cc3ccc(F)cc3)CC2)cc(C)c1OC(C)(C)C(=O)O. The van der Waals surface area contributed by atoms with E-state index in [-0.39, 0.29) is 5.82 Å². The molecule has 0 spiro atoms. The van der Waals surface area contributed by atoms with Gasteiger partial charge in [0.25, 0.3) is 0 Å². The third-order valence-corrected chi connectivity index (χ3v) is 5.58. The molecular formula is C24H31FN2O3. The number of benzene rings is 2. The lowest BCUT2D eigenvalue weighted by Crippen LogP contribution is -2.45. The summed E-state index contributed by atoms with van der Waals surface area (Å²) in [6, 6.07) is 10.9. The molecule has 1 aliphatic heterocycles. The van der Waals surface area contributed by atoms with Gasteiger partial charge in [0.1, 0.15) is 11.6 Å². The summed E-state index contributed by atoms with van der Waals surface area (Å²) in [5.41, 5.74) is 2.98. The van der Waals surface area contributed by atoms with Gasteiger partial charge in [-0.3, -0.25) is 9.80 Å². The second kappa shape index (κ2) is 9.14. The van der Waals surface area contributed by atoms with E-state index in [1.165, 1.54) is 17.7 Å². The molecule has 1 saturated heterocycles. The van der Waals surface area contributed by atoms with Crippen molar-refractivity contribution in [2.75, 3.05) is 26.2 Å². The van der Waals surface area contributed by atoms with Gasteiger partial charge in [0, 0.05) is 39.3 Å². The van der Waals surface area contributed by atoms with Crippen molar-refractivity contribution in [2.24, 2.45) is 0 Å². The summed E-state index contributed by atoms with van der Waals surface area (Å²) in [5, 5.41) is 9.33. The molecule has 0 amide bonds. The maximum absolute atomic E-state index is 13.1. The van der Waals surface area contributed by atoms with Crippen LogP contribution in [-0.2, 0) is 17.9 Å². The molecule has 3 rings (SSSR count). The van der Waals surface area contributed by atoms with Gasteiger partial charge in [-0.05, 0) is 62.1 Å². The van der Waals surface area contributed by atoms with Crippen LogP contribution in [0.15, 0.2) is 36.4 Å². The number of aryl methyl sites for hydroxylation is 2. The number of carboxylic acid groups (broad SMARTS) is 1. The van der Waals surface area contributed by atoms with Crippen LogP contribution in [0.1, 0.15) is 36.1 Å². The van der Waals surface area contributed by atoms with Crippen LogP contribution >= 0.6 is 0 Å². The zero-order valence-electron chi connectivity index (χ0n) is 18.2. The van der Waals surface area contributed by atoms with Crippen molar-refractivity contribution in [3.05, 3.63) is 64.5 Å². The quantitative estimate of drug-likeness (QED) is 0.742. The Bertz CT molecular complexity index is 865. The van der Waals surface area contributed by atoms with E-state index in [2.05, 4.69) is 21.9 Å². The third kappa shape index (κ3) is 5.58. The third-order valence-electron chi connectivity index (χ3n) is 5.58. The fourth-order valence-corrected chi connectivity index (χ4v) is 3.80. The zero-order valence-corrected chi connectivity index (χ0v) is 18.2. The van der Waals surface area contributed by atoms with Gasteiger partial charge < -0.3 is 9.84 Å². The molecule has 2 aromatic rings. The fourth-order valence-electron chi connectivity index (χ4n) is 3.80. The van der Waals surface area contributed by atoms with Crippen molar-refractivity contribution in [1.29, 1.82) is 0 Å². The summed E-state index contributed by atoms with van der Waals surface area (Å²) in [5.74, 6) is -0.531. The lowest BCUT2D eigenvalue weighted by molar-refractivity contribution is -0.152. The number of aliphatic carboxylic acids is 1. The molecule has 2 aromatic carbocycles. The molecule has 1 aliphatic rings. The smallest absolute Gasteiger partial charge is 0.347 e. The van der Waals surface area contributed by atoms with E-state index in [1.807, 2.05) is 26.0 Å². The summed E-state index contributed by atoms with van der Waals surface area (Å²) < 4.78 is 18.9. The molecule has 6 heteroatoms. The van der Waals surface area contributed by atoms with Gasteiger partial charge in [-0.2, -0.15) is 0 Å². The summed E-state index contributed by atoms with van der Waals surface area (Å²) in [6.07, 6.45) is 0. The Morgan fingerprint density at radius 3 is 1.90 bits per heavy atom. The van der Waals surface area contributed by atoms with Gasteiger partial charge in [-0.15, -0.1) is 0 Å². The fraction of sp³-hybridized carbons (Fsp3) is 0.458. The first-order valence-corrected chi connectivity index (χ1v) is 10.4. The van der Waals surface area contributed by atoms with Gasteiger partial charge in [-0.25, -0.2) is 9.18 Å². The van der Waals surface area contributed by atoms with Gasteiger partial charge in [-0.1, -0.05) is 24.3 Å². The van der Waals surface area contributed by atoms with E-state index in [0.717, 1.165) is 56.0 Å². The molecule has 30 heavy (non-hydrogen) atoms. The minimum atomic E-state index is -1.27. The Hall–Kier alpha value is -2.44. The molecule has 0 unspecified atom stereocenters. The molecule has 1 N–H and O–H groups in total. The number of ether oxygens (including phenoxy) is 1. The Morgan fingerprint density at radius 1 is 0.967 bits per heavy atom. The van der Waals surface area contributed by atoms with Crippen LogP contribution in [-0.4, -0.2) is 52.7 Å². The molecule has 1 heterocycles. The molecule has 0 aromatic heterocycles. The highest BCUT2D eigenvalue weighted by Crippen LogP contribution is 2.29. The molecule has 0 aliphatic carbocycles. The number of hydrogen-bond donors (Lipinski definition) is 1. The van der Waals surface area contributed by atoms with Gasteiger partial charge >= 0.3 is 5.97 Å². The Balaban J connectivity index is 1.57. The Labute approximate surface area is 178 Å². The Morgan fingerprint density at radius 2 is 1.43 bits per heavy atom. The van der Waals surface area contributed by atoms with E-state index in [4.69, 9.17) is 4.74 Å². The molecular weight excluding hydrogens is 383 g/mol. The number of piperazine rings is 1. The van der Waals surface area contributed by atoms with Crippen molar-refractivity contribution in [2.45, 2.75) is 46.4 Å². The number of rotatable bonds is 7. The average Bonchev–Trinajstić information content (AvgIpc) is 2.68. The molecule has 0 atom stereocenters. The predicted octanol–water partition coefficient (Wildman–Crippen LogP) is 4.00. The second-order valence-electron chi connectivity index (χ2n) is 8.66. The highest BCUT2D eigenvalue weighted by molar-refractivity contribution is 5.77. The summed E-state index contributed by atoms with van der Waals surface area (Å²) in [7, 11) is 0. The lowest BCUT2D eigenvalue weighted by Gasteiger charge is -2.35. The van der Waals surface area contributed by atoms with E-state index >= 15 is 0 Å². The molecule has 162 valence electrons. The van der Waals surface area contributed by atoms with Crippen molar-refractivity contribution in [1.82, 2.24) is 9.80 Å². The van der Waals surface area contributed by atoms with Gasteiger partial charge in [0.15, 0.2) is 5.60 Å². The number of halogens is 1. The van der Waals surface area contributed by atoms with E-state index in [1.54, 1.807) is 13.8 Å². The lowest BCUT2D eigenvalue weighted by atomic mass is 10.0. The van der Waals surface area contributed by atoms with Crippen molar-refractivity contribution in [3.8, 4) is 5.75 Å². The minimum Gasteiger partial charge on any atom is -0.478 e. The summed E-state index contributed by atoms with van der Waals surface area (Å²) in [4.78, 5) is 16.2. The number of carboxylic acids is 1. The van der Waals surface area contributed by atoms with Crippen LogP contribution in [0.2, 0.25) is 0 Å². The number of nitrogens with zero attached hydrogens (tertiary/aromatic N) is 2. The summed E-state index contributed by atoms with van der Waals surface area (Å²) >= 11 is 0. The van der Waals surface area contributed by atoms with Gasteiger partial charge in [0.2, 0.25) is 0 Å². The van der Waals surface area contributed by atoms with Crippen molar-refractivity contribution < 1.29 is 19.0 Å². The minimum absolute atomic E-state index is 0.197. The molecule has 0 saturated carbocycles. The first kappa shape index (κ1) is 22.2. The molecule has 1 fully saturated rings. The Kier molecular flexibility index (Phi) is 6.78. The van der Waals surface area contributed by atoms with Crippen molar-refractivity contribution in [3.63, 3.8) is 0 Å². The largest absolute Gasteiger partial charge is 0.478 e. The van der Waals surface area contributed by atoms with Crippen LogP contribution < -0.4 is 4.74 Å². The standard InChI is InChI=1S/C24H31FN2O3/c1-17-13-20(14-18(2)22(17)30-24(3,4)23(28)29)16-27-11-9-26(10-12-27)15-19-5-7-21(25)8-6-19/h5-8,13-14H,9-12,15-16H2,1-4H3,(H,28,29). The maximum Gasteiger partial charge on any atom is 0.347 e. The first-order chi connectivity index (χ1) is 14.1. The predicted molar refractivity (Wildman–Crippen MR) is 115 cm³/mol.